The number of carbonyl (C=O) groups is 2. The summed E-state index contributed by atoms with van der Waals surface area (Å²) in [5.41, 5.74) is -1.46. The van der Waals surface area contributed by atoms with Gasteiger partial charge in [-0.3, -0.25) is 0 Å². The van der Waals surface area contributed by atoms with E-state index in [1.165, 1.54) is 13.2 Å². The van der Waals surface area contributed by atoms with Gasteiger partial charge >= 0.3 is 12.1 Å². The summed E-state index contributed by atoms with van der Waals surface area (Å²) in [6.07, 6.45) is 4.16. The van der Waals surface area contributed by atoms with Gasteiger partial charge in [-0.15, -0.1) is 0 Å². The fraction of sp³-hybridized carbons (Fsp3) is 0.704. The first-order valence-electron chi connectivity index (χ1n) is 13.5. The largest absolute Gasteiger partial charge is 0.453 e. The Balaban J connectivity index is 1.72. The Morgan fingerprint density at radius 3 is 2.79 bits per heavy atom. The van der Waals surface area contributed by atoms with Crippen LogP contribution in [-0.2, 0) is 15.1 Å². The van der Waals surface area contributed by atoms with Gasteiger partial charge in [-0.1, -0.05) is 23.7 Å². The molecule has 38 heavy (non-hydrogen) atoms. The normalized spacial score (nSPS) is 20.9. The third kappa shape index (κ3) is 8.18. The number of nitrogens with one attached hydrogen (secondary N) is 3. The molecule has 2 saturated heterocycles. The SMILES string of the molecule is CNCC(CC1CCOCC1)NC(=O)N1CCC[C@@H]([C@@](O)(CCCNC(=O)OC)c2cccc(Cl)c2F)C1. The Morgan fingerprint density at radius 2 is 2.08 bits per heavy atom. The number of hydrogen-bond acceptors (Lipinski definition) is 6. The minimum Gasteiger partial charge on any atom is -0.453 e. The van der Waals surface area contributed by atoms with E-state index in [4.69, 9.17) is 16.3 Å². The number of amides is 3. The number of benzene rings is 1. The topological polar surface area (TPSA) is 112 Å². The van der Waals surface area contributed by atoms with Gasteiger partial charge in [0.15, 0.2) is 0 Å². The lowest BCUT2D eigenvalue weighted by Crippen LogP contribution is -2.54. The van der Waals surface area contributed by atoms with Crippen molar-refractivity contribution in [2.75, 3.05) is 53.6 Å². The van der Waals surface area contributed by atoms with Gasteiger partial charge in [-0.2, -0.15) is 0 Å². The van der Waals surface area contributed by atoms with Crippen molar-refractivity contribution in [1.82, 2.24) is 20.9 Å². The summed E-state index contributed by atoms with van der Waals surface area (Å²) in [6, 6.07) is 4.41. The van der Waals surface area contributed by atoms with E-state index in [1.807, 2.05) is 7.05 Å². The summed E-state index contributed by atoms with van der Waals surface area (Å²) in [5, 5.41) is 20.9. The lowest BCUT2D eigenvalue weighted by Gasteiger charge is -2.43. The standard InChI is InChI=1S/C27H42ClFN4O5/c1-30-17-21(16-19-9-14-38-15-10-19)32-25(34)33-13-4-6-20(18-33)27(36,11-5-12-31-26(35)37-2)22-7-3-8-23(28)24(22)29/h3,7-8,19-21,30,36H,4-6,9-18H2,1-2H3,(H,31,35)(H,32,34)/t20-,21?,27+/m1/s1. The number of halogens is 2. The minimum absolute atomic E-state index is 0.0235. The Kier molecular flexibility index (Phi) is 11.9. The first-order valence-corrected chi connectivity index (χ1v) is 13.9. The van der Waals surface area contributed by atoms with Gasteiger partial charge in [0.1, 0.15) is 5.82 Å². The molecule has 0 saturated carbocycles. The molecule has 3 atom stereocenters. The second kappa shape index (κ2) is 14.9. The average Bonchev–Trinajstić information content (AvgIpc) is 2.93. The molecule has 0 aliphatic carbocycles. The molecule has 3 amide bonds. The van der Waals surface area contributed by atoms with Gasteiger partial charge in [0.25, 0.3) is 0 Å². The van der Waals surface area contributed by atoms with Crippen LogP contribution in [0.15, 0.2) is 18.2 Å². The van der Waals surface area contributed by atoms with Crippen LogP contribution in [-0.4, -0.2) is 81.7 Å². The zero-order valence-electron chi connectivity index (χ0n) is 22.4. The van der Waals surface area contributed by atoms with Gasteiger partial charge in [0.05, 0.1) is 17.7 Å². The molecule has 3 rings (SSSR count). The van der Waals surface area contributed by atoms with Crippen LogP contribution in [0.5, 0.6) is 0 Å². The smallest absolute Gasteiger partial charge is 0.406 e. The number of ether oxygens (including phenoxy) is 2. The van der Waals surface area contributed by atoms with Gasteiger partial charge < -0.3 is 35.4 Å². The van der Waals surface area contributed by atoms with Gasteiger partial charge in [-0.25, -0.2) is 14.0 Å². The maximum absolute atomic E-state index is 15.2. The number of nitrogens with zero attached hydrogens (tertiary/aromatic N) is 1. The molecule has 0 radical (unpaired) electrons. The zero-order chi connectivity index (χ0) is 27.5. The van der Waals surface area contributed by atoms with Crippen LogP contribution in [0.1, 0.15) is 50.5 Å². The van der Waals surface area contributed by atoms with E-state index in [-0.39, 0.29) is 42.2 Å². The Hall–Kier alpha value is -2.14. The first kappa shape index (κ1) is 30.4. The third-order valence-corrected chi connectivity index (χ3v) is 8.02. The van der Waals surface area contributed by atoms with Crippen molar-refractivity contribution in [3.8, 4) is 0 Å². The lowest BCUT2D eigenvalue weighted by atomic mass is 9.74. The molecule has 2 aliphatic rings. The molecule has 1 aromatic rings. The zero-order valence-corrected chi connectivity index (χ0v) is 23.2. The molecular weight excluding hydrogens is 515 g/mol. The van der Waals surface area contributed by atoms with E-state index < -0.39 is 23.4 Å². The van der Waals surface area contributed by atoms with E-state index in [0.29, 0.717) is 38.3 Å². The van der Waals surface area contributed by atoms with Crippen LogP contribution < -0.4 is 16.0 Å². The predicted molar refractivity (Wildman–Crippen MR) is 144 cm³/mol. The van der Waals surface area contributed by atoms with E-state index in [1.54, 1.807) is 17.0 Å². The highest BCUT2D eigenvalue weighted by molar-refractivity contribution is 6.30. The maximum Gasteiger partial charge on any atom is 0.406 e. The monoisotopic (exact) mass is 556 g/mol. The fourth-order valence-corrected chi connectivity index (χ4v) is 5.83. The summed E-state index contributed by atoms with van der Waals surface area (Å²) in [5.74, 6) is -0.568. The van der Waals surface area contributed by atoms with Crippen LogP contribution in [0.2, 0.25) is 5.02 Å². The Labute approximate surface area is 229 Å². The van der Waals surface area contributed by atoms with Crippen molar-refractivity contribution in [2.45, 2.75) is 56.6 Å². The molecule has 2 fully saturated rings. The van der Waals surface area contributed by atoms with Crippen molar-refractivity contribution in [3.05, 3.63) is 34.6 Å². The lowest BCUT2D eigenvalue weighted by molar-refractivity contribution is -0.0576. The van der Waals surface area contributed by atoms with E-state index >= 15 is 4.39 Å². The van der Waals surface area contributed by atoms with Crippen molar-refractivity contribution >= 4 is 23.7 Å². The third-order valence-electron chi connectivity index (χ3n) is 7.73. The molecular formula is C27H42ClFN4O5. The first-order chi connectivity index (χ1) is 18.3. The van der Waals surface area contributed by atoms with Crippen molar-refractivity contribution in [1.29, 1.82) is 0 Å². The maximum atomic E-state index is 15.2. The number of likely N-dealkylation sites (tertiary alicyclic amines) is 1. The van der Waals surface area contributed by atoms with Gasteiger partial charge in [-0.05, 0) is 64.0 Å². The Morgan fingerprint density at radius 1 is 1.32 bits per heavy atom. The number of methoxy groups -OCH3 is 1. The number of carbonyl (C=O) groups excluding carboxylic acids is 2. The number of hydrogen-bond donors (Lipinski definition) is 4. The van der Waals surface area contributed by atoms with Crippen molar-refractivity contribution in [2.24, 2.45) is 11.8 Å². The number of aliphatic hydroxyl groups is 1. The molecule has 1 aromatic carbocycles. The van der Waals surface area contributed by atoms with Crippen LogP contribution in [0.25, 0.3) is 0 Å². The second-order valence-electron chi connectivity index (χ2n) is 10.3. The van der Waals surface area contributed by atoms with Crippen LogP contribution in [0.4, 0.5) is 14.0 Å². The molecule has 1 unspecified atom stereocenters. The molecule has 0 bridgehead atoms. The Bertz CT molecular complexity index is 919. The average molecular weight is 557 g/mol. The molecule has 4 N–H and O–H groups in total. The van der Waals surface area contributed by atoms with Crippen LogP contribution in [0, 0.1) is 17.7 Å². The van der Waals surface area contributed by atoms with Gasteiger partial charge in [0, 0.05) is 56.9 Å². The molecule has 214 valence electrons. The van der Waals surface area contributed by atoms with E-state index in [0.717, 1.165) is 32.5 Å². The van der Waals surface area contributed by atoms with E-state index in [9.17, 15) is 14.7 Å². The molecule has 2 aliphatic heterocycles. The van der Waals surface area contributed by atoms with Crippen LogP contribution >= 0.6 is 11.6 Å². The van der Waals surface area contributed by atoms with Crippen molar-refractivity contribution in [3.63, 3.8) is 0 Å². The number of likely N-dealkylation sites (N-methyl/N-ethyl adjacent to an activating group) is 1. The fourth-order valence-electron chi connectivity index (χ4n) is 5.66. The molecule has 2 heterocycles. The molecule has 0 spiro atoms. The number of urea groups is 1. The molecule has 11 heteroatoms. The number of alkyl carbamates (subject to hydrolysis) is 1. The second-order valence-corrected chi connectivity index (χ2v) is 10.7. The quantitative estimate of drug-likeness (QED) is 0.310. The summed E-state index contributed by atoms with van der Waals surface area (Å²) in [6.45, 7) is 3.27. The van der Waals surface area contributed by atoms with E-state index in [2.05, 4.69) is 20.7 Å². The van der Waals surface area contributed by atoms with Crippen molar-refractivity contribution < 1.29 is 28.6 Å². The summed E-state index contributed by atoms with van der Waals surface area (Å²) >= 11 is 6.08. The van der Waals surface area contributed by atoms with Crippen LogP contribution in [0.3, 0.4) is 0 Å². The highest BCUT2D eigenvalue weighted by atomic mass is 35.5. The van der Waals surface area contributed by atoms with Gasteiger partial charge in [0.2, 0.25) is 0 Å². The minimum atomic E-state index is -1.57. The highest BCUT2D eigenvalue weighted by Crippen LogP contribution is 2.41. The number of rotatable bonds is 11. The summed E-state index contributed by atoms with van der Waals surface area (Å²) in [4.78, 5) is 26.5. The molecule has 9 nitrogen and oxygen atoms in total. The molecule has 0 aromatic heterocycles. The predicted octanol–water partition coefficient (Wildman–Crippen LogP) is 3.63. The number of piperidine rings is 1. The summed E-state index contributed by atoms with van der Waals surface area (Å²) in [7, 11) is 3.15. The highest BCUT2D eigenvalue weighted by Gasteiger charge is 2.43. The summed E-state index contributed by atoms with van der Waals surface area (Å²) < 4.78 is 25.3.